The number of methoxy groups -OCH3 is 1. The van der Waals surface area contributed by atoms with Crippen LogP contribution in [0, 0.1) is 6.92 Å². The molecule has 0 aliphatic rings. The molecule has 0 amide bonds. The minimum atomic E-state index is -1.01. The second kappa shape index (κ2) is 8.20. The second-order valence-electron chi connectivity index (χ2n) is 7.67. The number of hydrogen-bond donors (Lipinski definition) is 2. The molecule has 1 aromatic carbocycles. The summed E-state index contributed by atoms with van der Waals surface area (Å²) in [5.41, 5.74) is 2.16. The molecule has 0 spiro atoms. The molecule has 6 nitrogen and oxygen atoms in total. The first-order valence-corrected chi connectivity index (χ1v) is 9.41. The first kappa shape index (κ1) is 20.2. The van der Waals surface area contributed by atoms with E-state index in [0.29, 0.717) is 24.1 Å². The van der Waals surface area contributed by atoms with Gasteiger partial charge in [0.25, 0.3) is 0 Å². The highest BCUT2D eigenvalue weighted by molar-refractivity contribution is 5.87. The van der Waals surface area contributed by atoms with E-state index in [1.54, 1.807) is 27.2 Å². The van der Waals surface area contributed by atoms with E-state index in [2.05, 4.69) is 15.2 Å². The summed E-state index contributed by atoms with van der Waals surface area (Å²) in [5.74, 6) is 0.364. The molecule has 0 bridgehead atoms. The van der Waals surface area contributed by atoms with E-state index in [1.807, 2.05) is 43.3 Å². The molecule has 3 rings (SSSR count). The number of fused-ring (bicyclic) bond motifs is 1. The third-order valence-corrected chi connectivity index (χ3v) is 5.13. The Morgan fingerprint density at radius 1 is 1.11 bits per heavy atom. The third-order valence-electron chi connectivity index (χ3n) is 5.13. The van der Waals surface area contributed by atoms with Crippen molar-refractivity contribution in [1.29, 1.82) is 0 Å². The molecule has 0 radical (unpaired) electrons. The molecule has 2 heterocycles. The van der Waals surface area contributed by atoms with E-state index in [4.69, 9.17) is 4.74 Å². The zero-order valence-electron chi connectivity index (χ0n) is 16.8. The number of rotatable bonds is 7. The first-order valence-electron chi connectivity index (χ1n) is 9.41. The normalized spacial score (nSPS) is 14.1. The lowest BCUT2D eigenvalue weighted by molar-refractivity contribution is 0.0246. The summed E-state index contributed by atoms with van der Waals surface area (Å²) in [6.45, 7) is 5.39. The van der Waals surface area contributed by atoms with Gasteiger partial charge in [-0.05, 0) is 51.0 Å². The number of benzene rings is 1. The number of ether oxygens (including phenoxy) is 1. The summed E-state index contributed by atoms with van der Waals surface area (Å²) in [4.78, 5) is 4.39. The van der Waals surface area contributed by atoms with E-state index in [9.17, 15) is 10.2 Å². The summed E-state index contributed by atoms with van der Waals surface area (Å²) in [5, 5.41) is 31.0. The van der Waals surface area contributed by atoms with E-state index in [0.717, 1.165) is 22.3 Å². The minimum absolute atomic E-state index is 0.292. The Kier molecular flexibility index (Phi) is 5.91. The van der Waals surface area contributed by atoms with Crippen molar-refractivity contribution >= 4 is 10.9 Å². The van der Waals surface area contributed by atoms with Gasteiger partial charge in [-0.2, -0.15) is 5.10 Å². The highest BCUT2D eigenvalue weighted by atomic mass is 16.5. The Hall–Kier alpha value is -2.57. The van der Waals surface area contributed by atoms with Gasteiger partial charge in [-0.1, -0.05) is 18.2 Å². The van der Waals surface area contributed by atoms with Crippen LogP contribution >= 0.6 is 0 Å². The Morgan fingerprint density at radius 2 is 1.89 bits per heavy atom. The fraction of sp³-hybridized carbons (Fsp3) is 0.409. The van der Waals surface area contributed by atoms with Crippen LogP contribution in [-0.4, -0.2) is 44.2 Å². The van der Waals surface area contributed by atoms with Crippen LogP contribution in [0.25, 0.3) is 10.9 Å². The van der Waals surface area contributed by atoms with Crippen molar-refractivity contribution in [2.45, 2.75) is 51.2 Å². The number of aryl methyl sites for hydroxylation is 1. The van der Waals surface area contributed by atoms with E-state index >= 15 is 0 Å². The van der Waals surface area contributed by atoms with Gasteiger partial charge in [0.15, 0.2) is 0 Å². The van der Waals surface area contributed by atoms with Crippen LogP contribution in [-0.2, 0) is 6.42 Å². The van der Waals surface area contributed by atoms with Crippen LogP contribution in [0.3, 0.4) is 0 Å². The molecule has 0 saturated carbocycles. The predicted molar refractivity (Wildman–Crippen MR) is 108 cm³/mol. The summed E-state index contributed by atoms with van der Waals surface area (Å²) < 4.78 is 5.39. The summed E-state index contributed by atoms with van der Waals surface area (Å²) in [7, 11) is 1.60. The SMILES string of the molecule is COc1cccc2c(CC(O)CC(c3ccccn3)C(C)(C)O)c(C)nnc12. The maximum absolute atomic E-state index is 10.9. The molecule has 2 atom stereocenters. The number of aliphatic hydroxyl groups is 2. The molecule has 0 saturated heterocycles. The average Bonchev–Trinajstić information content (AvgIpc) is 2.67. The Bertz CT molecular complexity index is 939. The molecular formula is C22H27N3O3. The second-order valence-corrected chi connectivity index (χ2v) is 7.67. The molecule has 148 valence electrons. The Labute approximate surface area is 165 Å². The smallest absolute Gasteiger partial charge is 0.147 e. The van der Waals surface area contributed by atoms with Gasteiger partial charge in [0.2, 0.25) is 0 Å². The molecule has 2 aromatic heterocycles. The van der Waals surface area contributed by atoms with E-state index in [1.165, 1.54) is 0 Å². The highest BCUT2D eigenvalue weighted by Crippen LogP contribution is 2.33. The molecule has 2 N–H and O–H groups in total. The number of nitrogens with zero attached hydrogens (tertiary/aromatic N) is 3. The monoisotopic (exact) mass is 381 g/mol. The van der Waals surface area contributed by atoms with Crippen molar-refractivity contribution in [3.05, 3.63) is 59.5 Å². The van der Waals surface area contributed by atoms with Crippen molar-refractivity contribution in [1.82, 2.24) is 15.2 Å². The lowest BCUT2D eigenvalue weighted by Gasteiger charge is -2.31. The average molecular weight is 381 g/mol. The highest BCUT2D eigenvalue weighted by Gasteiger charge is 2.31. The molecule has 6 heteroatoms. The maximum Gasteiger partial charge on any atom is 0.147 e. The number of pyridine rings is 1. The molecule has 0 aliphatic carbocycles. The molecule has 3 aromatic rings. The predicted octanol–water partition coefficient (Wildman–Crippen LogP) is 3.19. The summed E-state index contributed by atoms with van der Waals surface area (Å²) in [6.07, 6.45) is 1.82. The van der Waals surface area contributed by atoms with Gasteiger partial charge in [-0.15, -0.1) is 5.10 Å². The van der Waals surface area contributed by atoms with Crippen molar-refractivity contribution in [2.24, 2.45) is 0 Å². The largest absolute Gasteiger partial charge is 0.494 e. The standard InChI is InChI=1S/C22H27N3O3/c1-14-17(16-8-7-10-20(28-4)21(16)25-24-14)12-15(26)13-18(22(2,3)27)19-9-5-6-11-23-19/h5-11,15,18,26-27H,12-13H2,1-4H3. The van der Waals surface area contributed by atoms with Gasteiger partial charge >= 0.3 is 0 Å². The minimum Gasteiger partial charge on any atom is -0.494 e. The van der Waals surface area contributed by atoms with Gasteiger partial charge in [-0.3, -0.25) is 4.98 Å². The fourth-order valence-electron chi connectivity index (χ4n) is 3.62. The molecule has 2 unspecified atom stereocenters. The number of aromatic nitrogens is 3. The van der Waals surface area contributed by atoms with Crippen LogP contribution in [0.5, 0.6) is 5.75 Å². The van der Waals surface area contributed by atoms with Gasteiger partial charge < -0.3 is 14.9 Å². The maximum atomic E-state index is 10.9. The lowest BCUT2D eigenvalue weighted by atomic mass is 9.82. The number of aliphatic hydroxyl groups excluding tert-OH is 1. The fourth-order valence-corrected chi connectivity index (χ4v) is 3.62. The Balaban J connectivity index is 1.90. The van der Waals surface area contributed by atoms with E-state index in [-0.39, 0.29) is 5.92 Å². The van der Waals surface area contributed by atoms with Crippen molar-refractivity contribution in [2.75, 3.05) is 7.11 Å². The Morgan fingerprint density at radius 3 is 2.54 bits per heavy atom. The van der Waals surface area contributed by atoms with Gasteiger partial charge in [-0.25, -0.2) is 0 Å². The number of hydrogen-bond acceptors (Lipinski definition) is 6. The summed E-state index contributed by atoms with van der Waals surface area (Å²) in [6, 6.07) is 11.3. The molecular weight excluding hydrogens is 354 g/mol. The topological polar surface area (TPSA) is 88.4 Å². The zero-order chi connectivity index (χ0) is 20.3. The van der Waals surface area contributed by atoms with Gasteiger partial charge in [0.1, 0.15) is 11.3 Å². The van der Waals surface area contributed by atoms with Crippen molar-refractivity contribution < 1.29 is 14.9 Å². The van der Waals surface area contributed by atoms with Crippen LogP contribution < -0.4 is 4.74 Å². The molecule has 0 aliphatic heterocycles. The van der Waals surface area contributed by atoms with Gasteiger partial charge in [0, 0.05) is 29.6 Å². The van der Waals surface area contributed by atoms with Crippen LogP contribution in [0.2, 0.25) is 0 Å². The summed E-state index contributed by atoms with van der Waals surface area (Å²) >= 11 is 0. The first-order chi connectivity index (χ1) is 13.3. The third kappa shape index (κ3) is 4.29. The van der Waals surface area contributed by atoms with Crippen LogP contribution in [0.1, 0.15) is 43.1 Å². The molecule has 28 heavy (non-hydrogen) atoms. The van der Waals surface area contributed by atoms with Crippen molar-refractivity contribution in [3.8, 4) is 5.75 Å². The zero-order valence-corrected chi connectivity index (χ0v) is 16.8. The molecule has 0 fully saturated rings. The van der Waals surface area contributed by atoms with Gasteiger partial charge in [0.05, 0.1) is 24.5 Å². The van der Waals surface area contributed by atoms with Crippen LogP contribution in [0.4, 0.5) is 0 Å². The van der Waals surface area contributed by atoms with Crippen molar-refractivity contribution in [3.63, 3.8) is 0 Å². The van der Waals surface area contributed by atoms with E-state index < -0.39 is 11.7 Å². The lowest BCUT2D eigenvalue weighted by Crippen LogP contribution is -2.33. The van der Waals surface area contributed by atoms with Crippen LogP contribution in [0.15, 0.2) is 42.6 Å². The quantitative estimate of drug-likeness (QED) is 0.653.